The van der Waals surface area contributed by atoms with Crippen LogP contribution in [0.3, 0.4) is 0 Å². The molecular formula is C13H20N4O. The van der Waals surface area contributed by atoms with Crippen LogP contribution in [0.25, 0.3) is 0 Å². The Labute approximate surface area is 108 Å². The third-order valence-electron chi connectivity index (χ3n) is 2.69. The summed E-state index contributed by atoms with van der Waals surface area (Å²) in [4.78, 5) is 8.70. The normalized spacial score (nSPS) is 15.3. The third-order valence-corrected chi connectivity index (χ3v) is 2.69. The van der Waals surface area contributed by atoms with Gasteiger partial charge in [0.1, 0.15) is 0 Å². The van der Waals surface area contributed by atoms with Gasteiger partial charge in [-0.2, -0.15) is 0 Å². The molecule has 0 bridgehead atoms. The van der Waals surface area contributed by atoms with E-state index < -0.39 is 0 Å². The Bertz CT molecular complexity index is 398. The summed E-state index contributed by atoms with van der Waals surface area (Å²) < 4.78 is 5.02. The van der Waals surface area contributed by atoms with Crippen LogP contribution in [-0.4, -0.2) is 30.6 Å². The number of aliphatic imine (C=N–C) groups is 1. The van der Waals surface area contributed by atoms with E-state index in [1.165, 1.54) is 12.8 Å². The summed E-state index contributed by atoms with van der Waals surface area (Å²) in [6.07, 6.45) is 4.28. The van der Waals surface area contributed by atoms with Crippen molar-refractivity contribution in [3.63, 3.8) is 0 Å². The van der Waals surface area contributed by atoms with E-state index in [0.29, 0.717) is 18.5 Å². The molecule has 0 saturated heterocycles. The zero-order chi connectivity index (χ0) is 12.8. The topological polar surface area (TPSA) is 58.5 Å². The highest BCUT2D eigenvalue weighted by Crippen LogP contribution is 2.18. The lowest BCUT2D eigenvalue weighted by molar-refractivity contribution is 0.397. The molecule has 0 atom stereocenters. The molecule has 1 heterocycles. The van der Waals surface area contributed by atoms with Crippen molar-refractivity contribution in [2.45, 2.75) is 32.4 Å². The lowest BCUT2D eigenvalue weighted by Gasteiger charge is -2.10. The molecule has 1 aromatic rings. The van der Waals surface area contributed by atoms with Gasteiger partial charge >= 0.3 is 0 Å². The van der Waals surface area contributed by atoms with Crippen LogP contribution in [0, 0.1) is 0 Å². The van der Waals surface area contributed by atoms with E-state index in [2.05, 4.69) is 27.5 Å². The number of methoxy groups -OCH3 is 1. The highest BCUT2D eigenvalue weighted by molar-refractivity contribution is 5.80. The predicted molar refractivity (Wildman–Crippen MR) is 71.8 cm³/mol. The van der Waals surface area contributed by atoms with Gasteiger partial charge in [0.2, 0.25) is 5.88 Å². The second kappa shape index (κ2) is 6.23. The Kier molecular flexibility index (Phi) is 4.39. The van der Waals surface area contributed by atoms with Crippen molar-refractivity contribution < 1.29 is 4.74 Å². The first kappa shape index (κ1) is 12.7. The average molecular weight is 248 g/mol. The summed E-state index contributed by atoms with van der Waals surface area (Å²) in [5, 5.41) is 6.62. The number of pyridine rings is 1. The highest BCUT2D eigenvalue weighted by atomic mass is 16.5. The smallest absolute Gasteiger partial charge is 0.212 e. The van der Waals surface area contributed by atoms with Crippen molar-refractivity contribution in [2.75, 3.05) is 13.7 Å². The van der Waals surface area contributed by atoms with Crippen molar-refractivity contribution in [1.29, 1.82) is 0 Å². The number of guanidine groups is 1. The molecule has 0 aromatic carbocycles. The molecule has 0 aliphatic heterocycles. The minimum atomic E-state index is 0.608. The van der Waals surface area contributed by atoms with Gasteiger partial charge in [-0.15, -0.1) is 0 Å². The van der Waals surface area contributed by atoms with Crippen molar-refractivity contribution in [3.05, 3.63) is 23.9 Å². The number of nitrogens with one attached hydrogen (secondary N) is 2. The van der Waals surface area contributed by atoms with E-state index in [1.807, 2.05) is 12.1 Å². The van der Waals surface area contributed by atoms with E-state index in [9.17, 15) is 0 Å². The summed E-state index contributed by atoms with van der Waals surface area (Å²) in [5.74, 6) is 1.52. The standard InChI is InChI=1S/C13H20N4O/c1-3-14-13(17-11-5-6-11)16-9-10-4-7-12(18-2)15-8-10/h4,7-8,11H,3,5-6,9H2,1-2H3,(H2,14,16,17). The Morgan fingerprint density at radius 1 is 1.50 bits per heavy atom. The maximum absolute atomic E-state index is 5.02. The van der Waals surface area contributed by atoms with Gasteiger partial charge in [-0.05, 0) is 25.3 Å². The first-order valence-electron chi connectivity index (χ1n) is 6.35. The molecule has 1 saturated carbocycles. The molecule has 2 rings (SSSR count). The van der Waals surface area contributed by atoms with Gasteiger partial charge in [0.25, 0.3) is 0 Å². The second-order valence-electron chi connectivity index (χ2n) is 4.32. The average Bonchev–Trinajstić information content (AvgIpc) is 3.21. The zero-order valence-corrected chi connectivity index (χ0v) is 10.9. The van der Waals surface area contributed by atoms with Gasteiger partial charge in [0.05, 0.1) is 13.7 Å². The highest BCUT2D eigenvalue weighted by Gasteiger charge is 2.21. The quantitative estimate of drug-likeness (QED) is 0.609. The number of hydrogen-bond acceptors (Lipinski definition) is 3. The van der Waals surface area contributed by atoms with Crippen LogP contribution in [0.5, 0.6) is 5.88 Å². The minimum absolute atomic E-state index is 0.608. The molecule has 5 nitrogen and oxygen atoms in total. The third kappa shape index (κ3) is 3.91. The van der Waals surface area contributed by atoms with Crippen molar-refractivity contribution in [2.24, 2.45) is 4.99 Å². The van der Waals surface area contributed by atoms with Crippen molar-refractivity contribution in [1.82, 2.24) is 15.6 Å². The number of ether oxygens (including phenoxy) is 1. The maximum atomic E-state index is 5.02. The van der Waals surface area contributed by atoms with Gasteiger partial charge in [-0.1, -0.05) is 6.07 Å². The van der Waals surface area contributed by atoms with E-state index in [4.69, 9.17) is 4.74 Å². The van der Waals surface area contributed by atoms with Crippen LogP contribution >= 0.6 is 0 Å². The summed E-state index contributed by atoms with van der Waals surface area (Å²) in [5.41, 5.74) is 1.07. The molecule has 98 valence electrons. The van der Waals surface area contributed by atoms with Gasteiger partial charge in [-0.25, -0.2) is 9.98 Å². The molecule has 1 aromatic heterocycles. The molecule has 1 aliphatic carbocycles. The van der Waals surface area contributed by atoms with Crippen LogP contribution < -0.4 is 15.4 Å². The Hall–Kier alpha value is -1.78. The van der Waals surface area contributed by atoms with Crippen molar-refractivity contribution in [3.8, 4) is 5.88 Å². The number of rotatable bonds is 5. The SMILES string of the molecule is CCNC(=NCc1ccc(OC)nc1)NC1CC1. The molecule has 18 heavy (non-hydrogen) atoms. The van der Waals surface area contributed by atoms with E-state index >= 15 is 0 Å². The Balaban J connectivity index is 1.92. The predicted octanol–water partition coefficient (Wildman–Crippen LogP) is 1.31. The molecule has 1 aliphatic rings. The fourth-order valence-electron chi connectivity index (χ4n) is 1.54. The zero-order valence-electron chi connectivity index (χ0n) is 10.9. The monoisotopic (exact) mass is 248 g/mol. The second-order valence-corrected chi connectivity index (χ2v) is 4.32. The first-order chi connectivity index (χ1) is 8.81. The summed E-state index contributed by atoms with van der Waals surface area (Å²) in [6, 6.07) is 4.44. The number of aromatic nitrogens is 1. The fourth-order valence-corrected chi connectivity index (χ4v) is 1.54. The molecule has 1 fully saturated rings. The molecule has 0 amide bonds. The summed E-state index contributed by atoms with van der Waals surface area (Å²) >= 11 is 0. The molecule has 5 heteroatoms. The summed E-state index contributed by atoms with van der Waals surface area (Å²) in [7, 11) is 1.61. The van der Waals surface area contributed by atoms with Gasteiger partial charge in [0, 0.05) is 24.8 Å². The molecule has 0 unspecified atom stereocenters. The van der Waals surface area contributed by atoms with E-state index in [1.54, 1.807) is 13.3 Å². The summed E-state index contributed by atoms with van der Waals surface area (Å²) in [6.45, 7) is 3.57. The van der Waals surface area contributed by atoms with Crippen LogP contribution in [0.4, 0.5) is 0 Å². The van der Waals surface area contributed by atoms with Crippen molar-refractivity contribution >= 4 is 5.96 Å². The van der Waals surface area contributed by atoms with Crippen LogP contribution in [0.15, 0.2) is 23.3 Å². The van der Waals surface area contributed by atoms with Crippen LogP contribution in [0.2, 0.25) is 0 Å². The van der Waals surface area contributed by atoms with E-state index in [0.717, 1.165) is 18.1 Å². The van der Waals surface area contributed by atoms with Gasteiger partial charge in [-0.3, -0.25) is 0 Å². The Morgan fingerprint density at radius 3 is 2.89 bits per heavy atom. The fraction of sp³-hybridized carbons (Fsp3) is 0.538. The molecular weight excluding hydrogens is 228 g/mol. The Morgan fingerprint density at radius 2 is 2.33 bits per heavy atom. The first-order valence-corrected chi connectivity index (χ1v) is 6.35. The molecule has 0 radical (unpaired) electrons. The number of hydrogen-bond donors (Lipinski definition) is 2. The van der Waals surface area contributed by atoms with E-state index in [-0.39, 0.29) is 0 Å². The lowest BCUT2D eigenvalue weighted by Crippen LogP contribution is -2.38. The van der Waals surface area contributed by atoms with Gasteiger partial charge in [0.15, 0.2) is 5.96 Å². The molecule has 0 spiro atoms. The largest absolute Gasteiger partial charge is 0.481 e. The molecule has 2 N–H and O–H groups in total. The maximum Gasteiger partial charge on any atom is 0.212 e. The minimum Gasteiger partial charge on any atom is -0.481 e. The van der Waals surface area contributed by atoms with Crippen LogP contribution in [-0.2, 0) is 6.54 Å². The number of nitrogens with zero attached hydrogens (tertiary/aromatic N) is 2. The lowest BCUT2D eigenvalue weighted by atomic mass is 10.3. The van der Waals surface area contributed by atoms with Crippen LogP contribution in [0.1, 0.15) is 25.3 Å². The van der Waals surface area contributed by atoms with Gasteiger partial charge < -0.3 is 15.4 Å².